The van der Waals surface area contributed by atoms with E-state index >= 15 is 0 Å². The summed E-state index contributed by atoms with van der Waals surface area (Å²) in [5.41, 5.74) is 2.21. The molecule has 3 aromatic carbocycles. The summed E-state index contributed by atoms with van der Waals surface area (Å²) in [6.45, 7) is 3.14. The van der Waals surface area contributed by atoms with Crippen LogP contribution in [0.15, 0.2) is 89.4 Å². The number of fused-ring (bicyclic) bond motifs is 7. The number of benzene rings is 3. The topological polar surface area (TPSA) is 124 Å². The molecule has 4 aromatic rings. The third kappa shape index (κ3) is 5.56. The molecule has 12 heteroatoms. The summed E-state index contributed by atoms with van der Waals surface area (Å²) in [5.74, 6) is 1.03. The average Bonchev–Trinajstić information content (AvgIpc) is 3.72. The Balaban J connectivity index is 1.04. The van der Waals surface area contributed by atoms with E-state index in [0.29, 0.717) is 70.6 Å². The molecule has 0 radical (unpaired) electrons. The van der Waals surface area contributed by atoms with Crippen LogP contribution in [0.2, 0.25) is 0 Å². The normalized spacial score (nSPS) is 21.2. The molecule has 10 nitrogen and oxygen atoms in total. The molecule has 0 saturated carbocycles. The molecule has 1 aromatic heterocycles. The number of carboxylic acids is 1. The van der Waals surface area contributed by atoms with Crippen LogP contribution in [-0.4, -0.2) is 64.8 Å². The fourth-order valence-electron chi connectivity index (χ4n) is 7.02. The molecule has 1 spiro atoms. The highest BCUT2D eigenvalue weighted by molar-refractivity contribution is 8.00. The van der Waals surface area contributed by atoms with Crippen LogP contribution >= 0.6 is 23.1 Å². The van der Waals surface area contributed by atoms with Crippen molar-refractivity contribution >= 4 is 40.9 Å². The summed E-state index contributed by atoms with van der Waals surface area (Å²) in [6.07, 6.45) is 2.23. The first-order valence-electron chi connectivity index (χ1n) is 16.6. The number of ether oxygens (including phenoxy) is 4. The van der Waals surface area contributed by atoms with E-state index in [1.807, 2.05) is 64.9 Å². The molecule has 8 rings (SSSR count). The molecule has 1 amide bonds. The van der Waals surface area contributed by atoms with Crippen molar-refractivity contribution in [1.29, 1.82) is 0 Å². The van der Waals surface area contributed by atoms with E-state index in [-0.39, 0.29) is 29.6 Å². The third-order valence-corrected chi connectivity index (χ3v) is 11.7. The van der Waals surface area contributed by atoms with Gasteiger partial charge in [0.15, 0.2) is 5.60 Å². The smallest absolute Gasteiger partial charge is 0.352 e. The number of carbonyl (C=O) groups is 3. The minimum Gasteiger partial charge on any atom is -0.493 e. The molecule has 1 fully saturated rings. The Kier molecular flexibility index (Phi) is 8.44. The fraction of sp³-hybridized carbons (Fsp3) is 0.289. The van der Waals surface area contributed by atoms with E-state index in [1.54, 1.807) is 30.0 Å². The van der Waals surface area contributed by atoms with Gasteiger partial charge in [-0.05, 0) is 48.2 Å². The second kappa shape index (κ2) is 13.1. The van der Waals surface area contributed by atoms with Crippen LogP contribution in [0.5, 0.6) is 23.0 Å². The summed E-state index contributed by atoms with van der Waals surface area (Å²) >= 11 is 3.13. The quantitative estimate of drug-likeness (QED) is 0.135. The van der Waals surface area contributed by atoms with E-state index in [4.69, 9.17) is 18.9 Å². The second-order valence-electron chi connectivity index (χ2n) is 12.6. The minimum absolute atomic E-state index is 0.0566. The summed E-state index contributed by atoms with van der Waals surface area (Å²) < 4.78 is 24.9. The first-order valence-corrected chi connectivity index (χ1v) is 18.5. The SMILES string of the molecule is CCCCOc1ccc2c(c1)Oc1cc(OCC3=C(C(=O)O)N4CC(NC(=O)Cc5cccs5)C4SC3)ccc1C21OC(=O)c2ccccc21. The molecular weight excluding hydrogens is 677 g/mol. The van der Waals surface area contributed by atoms with Crippen molar-refractivity contribution in [3.8, 4) is 23.0 Å². The van der Waals surface area contributed by atoms with Crippen molar-refractivity contribution in [2.75, 3.05) is 25.5 Å². The van der Waals surface area contributed by atoms with Gasteiger partial charge in [0.25, 0.3) is 0 Å². The summed E-state index contributed by atoms with van der Waals surface area (Å²) in [4.78, 5) is 41.1. The van der Waals surface area contributed by atoms with Crippen LogP contribution in [0.1, 0.15) is 51.7 Å². The highest BCUT2D eigenvalue weighted by Crippen LogP contribution is 2.57. The molecule has 4 aliphatic heterocycles. The fourth-order valence-corrected chi connectivity index (χ4v) is 9.07. The number of thiophene rings is 1. The maximum Gasteiger partial charge on any atom is 0.352 e. The van der Waals surface area contributed by atoms with E-state index in [9.17, 15) is 19.5 Å². The molecule has 4 aliphatic rings. The number of amides is 1. The molecule has 1 saturated heterocycles. The lowest BCUT2D eigenvalue weighted by Crippen LogP contribution is -2.66. The number of unbranched alkanes of at least 4 members (excludes halogenated alkanes) is 1. The van der Waals surface area contributed by atoms with E-state index < -0.39 is 17.5 Å². The van der Waals surface area contributed by atoms with Crippen LogP contribution in [0, 0.1) is 0 Å². The van der Waals surface area contributed by atoms with Crippen molar-refractivity contribution in [2.24, 2.45) is 0 Å². The molecule has 256 valence electrons. The Labute approximate surface area is 297 Å². The maximum atomic E-state index is 13.2. The summed E-state index contributed by atoms with van der Waals surface area (Å²) in [7, 11) is 0. The van der Waals surface area contributed by atoms with Gasteiger partial charge in [-0.1, -0.05) is 37.6 Å². The molecule has 3 unspecified atom stereocenters. The standard InChI is InChI=1S/C38H34N2O8S2/c1-2-3-14-45-23-10-12-28-31(16-23)47-32-17-24(11-13-29(32)38(28)27-9-5-4-8-26(27)37(44)48-38)46-20-22-21-50-35-30(19-40(35)34(22)36(42)43)39-33(41)18-25-7-6-15-49-25/h4-13,15-17,30,35H,2-3,14,18-21H2,1H3,(H,39,41)(H,42,43). The van der Waals surface area contributed by atoms with Crippen molar-refractivity contribution in [2.45, 2.75) is 43.2 Å². The number of aliphatic carboxylic acids is 1. The van der Waals surface area contributed by atoms with Crippen LogP contribution < -0.4 is 19.5 Å². The number of esters is 1. The predicted molar refractivity (Wildman–Crippen MR) is 188 cm³/mol. The van der Waals surface area contributed by atoms with Crippen LogP contribution in [0.3, 0.4) is 0 Å². The Morgan fingerprint density at radius 1 is 1.00 bits per heavy atom. The van der Waals surface area contributed by atoms with Gasteiger partial charge < -0.3 is 34.3 Å². The summed E-state index contributed by atoms with van der Waals surface area (Å²) in [5, 5.41) is 15.1. The largest absolute Gasteiger partial charge is 0.493 e. The van der Waals surface area contributed by atoms with Gasteiger partial charge in [0, 0.05) is 51.6 Å². The number of carboxylic acid groups (broad SMARTS) is 1. The van der Waals surface area contributed by atoms with Crippen LogP contribution in [0.4, 0.5) is 0 Å². The van der Waals surface area contributed by atoms with Gasteiger partial charge in [-0.25, -0.2) is 9.59 Å². The van der Waals surface area contributed by atoms with Gasteiger partial charge in [-0.3, -0.25) is 4.79 Å². The number of hydrogen-bond donors (Lipinski definition) is 2. The highest BCUT2D eigenvalue weighted by Gasteiger charge is 2.53. The molecule has 50 heavy (non-hydrogen) atoms. The van der Waals surface area contributed by atoms with Crippen molar-refractivity contribution in [1.82, 2.24) is 10.2 Å². The van der Waals surface area contributed by atoms with Gasteiger partial charge >= 0.3 is 11.9 Å². The van der Waals surface area contributed by atoms with E-state index in [1.165, 1.54) is 11.3 Å². The first kappa shape index (κ1) is 32.3. The molecule has 0 aliphatic carbocycles. The number of nitrogens with one attached hydrogen (secondary N) is 1. The monoisotopic (exact) mass is 710 g/mol. The van der Waals surface area contributed by atoms with E-state index in [0.717, 1.165) is 23.3 Å². The lowest BCUT2D eigenvalue weighted by Gasteiger charge is -2.52. The van der Waals surface area contributed by atoms with Crippen LogP contribution in [-0.2, 0) is 26.3 Å². The lowest BCUT2D eigenvalue weighted by atomic mass is 9.77. The molecular formula is C38H34N2O8S2. The highest BCUT2D eigenvalue weighted by atomic mass is 32.2. The predicted octanol–water partition coefficient (Wildman–Crippen LogP) is 6.33. The van der Waals surface area contributed by atoms with Gasteiger partial charge in [0.05, 0.1) is 30.0 Å². The van der Waals surface area contributed by atoms with E-state index in [2.05, 4.69) is 12.2 Å². The second-order valence-corrected chi connectivity index (χ2v) is 14.7. The number of nitrogens with zero attached hydrogens (tertiary/aromatic N) is 1. The zero-order chi connectivity index (χ0) is 34.4. The van der Waals surface area contributed by atoms with Gasteiger partial charge in [-0.15, -0.1) is 23.1 Å². The number of rotatable bonds is 11. The van der Waals surface area contributed by atoms with Crippen molar-refractivity contribution in [3.05, 3.63) is 117 Å². The zero-order valence-electron chi connectivity index (χ0n) is 27.2. The summed E-state index contributed by atoms with van der Waals surface area (Å²) in [6, 6.07) is 22.0. The molecule has 0 bridgehead atoms. The Bertz CT molecular complexity index is 2030. The van der Waals surface area contributed by atoms with Gasteiger partial charge in [0.2, 0.25) is 5.91 Å². The number of thioether (sulfide) groups is 1. The Morgan fingerprint density at radius 2 is 1.76 bits per heavy atom. The van der Waals surface area contributed by atoms with Gasteiger partial charge in [-0.2, -0.15) is 0 Å². The van der Waals surface area contributed by atoms with Crippen molar-refractivity contribution < 1.29 is 38.4 Å². The van der Waals surface area contributed by atoms with Gasteiger partial charge in [0.1, 0.15) is 35.3 Å². The average molecular weight is 711 g/mol. The molecule has 3 atom stereocenters. The first-order chi connectivity index (χ1) is 24.4. The molecule has 5 heterocycles. The zero-order valence-corrected chi connectivity index (χ0v) is 28.8. The third-order valence-electron chi connectivity index (χ3n) is 9.40. The van der Waals surface area contributed by atoms with Crippen LogP contribution in [0.25, 0.3) is 0 Å². The lowest BCUT2D eigenvalue weighted by molar-refractivity contribution is -0.135. The van der Waals surface area contributed by atoms with Crippen molar-refractivity contribution in [3.63, 3.8) is 0 Å². The minimum atomic E-state index is -1.22. The number of carbonyl (C=O) groups excluding carboxylic acids is 2. The maximum absolute atomic E-state index is 13.2. The Morgan fingerprint density at radius 3 is 2.48 bits per heavy atom. The number of hydrogen-bond acceptors (Lipinski definition) is 10. The Hall–Kier alpha value is -4.94. The molecule has 2 N–H and O–H groups in total.